The van der Waals surface area contributed by atoms with Crippen LogP contribution >= 0.6 is 0 Å². The maximum absolute atomic E-state index is 12.2. The largest absolute Gasteiger partial charge is 0.461 e. The van der Waals surface area contributed by atoms with E-state index in [1.54, 1.807) is 12.3 Å². The minimum Gasteiger partial charge on any atom is -0.461 e. The average molecular weight is 359 g/mol. The SMILES string of the molecule is Cc1ccc(CC(=O)OCc2cc(=O)oc3ccc4ccccc4c23)cn1. The van der Waals surface area contributed by atoms with Gasteiger partial charge in [-0.2, -0.15) is 0 Å². The Balaban J connectivity index is 1.63. The molecule has 5 heteroatoms. The van der Waals surface area contributed by atoms with Gasteiger partial charge in [-0.3, -0.25) is 9.78 Å². The number of pyridine rings is 1. The first kappa shape index (κ1) is 17.0. The third-order valence-corrected chi connectivity index (χ3v) is 4.42. The second-order valence-electron chi connectivity index (χ2n) is 6.40. The van der Waals surface area contributed by atoms with E-state index in [0.29, 0.717) is 11.1 Å². The van der Waals surface area contributed by atoms with Crippen LogP contribution in [0.5, 0.6) is 0 Å². The molecule has 0 aliphatic heterocycles. The molecule has 0 N–H and O–H groups in total. The van der Waals surface area contributed by atoms with Crippen molar-refractivity contribution in [3.8, 4) is 0 Å². The highest BCUT2D eigenvalue weighted by molar-refractivity contribution is 6.07. The molecular formula is C22H17NO4. The van der Waals surface area contributed by atoms with E-state index >= 15 is 0 Å². The molecule has 0 aliphatic rings. The van der Waals surface area contributed by atoms with Gasteiger partial charge in [0.15, 0.2) is 0 Å². The van der Waals surface area contributed by atoms with Crippen molar-refractivity contribution in [2.75, 3.05) is 0 Å². The van der Waals surface area contributed by atoms with Crippen molar-refractivity contribution in [3.63, 3.8) is 0 Å². The summed E-state index contributed by atoms with van der Waals surface area (Å²) in [6, 6.07) is 16.6. The van der Waals surface area contributed by atoms with Crippen molar-refractivity contribution in [2.24, 2.45) is 0 Å². The Morgan fingerprint density at radius 2 is 1.96 bits per heavy atom. The third kappa shape index (κ3) is 3.58. The number of rotatable bonds is 4. The quantitative estimate of drug-likeness (QED) is 0.314. The number of fused-ring (bicyclic) bond motifs is 3. The van der Waals surface area contributed by atoms with Crippen molar-refractivity contribution in [3.05, 3.63) is 88.0 Å². The highest BCUT2D eigenvalue weighted by Gasteiger charge is 2.12. The number of carbonyl (C=O) groups is 1. The molecule has 27 heavy (non-hydrogen) atoms. The van der Waals surface area contributed by atoms with Gasteiger partial charge in [0.25, 0.3) is 0 Å². The fraction of sp³-hybridized carbons (Fsp3) is 0.136. The number of carbonyl (C=O) groups excluding carboxylic acids is 1. The highest BCUT2D eigenvalue weighted by Crippen LogP contribution is 2.27. The van der Waals surface area contributed by atoms with Gasteiger partial charge in [0.2, 0.25) is 0 Å². The van der Waals surface area contributed by atoms with Crippen LogP contribution in [-0.2, 0) is 22.6 Å². The molecule has 2 aromatic heterocycles. The Morgan fingerprint density at radius 3 is 2.78 bits per heavy atom. The molecule has 0 radical (unpaired) electrons. The second kappa shape index (κ2) is 7.03. The van der Waals surface area contributed by atoms with Crippen molar-refractivity contribution >= 4 is 27.7 Å². The van der Waals surface area contributed by atoms with Gasteiger partial charge >= 0.3 is 11.6 Å². The Labute approximate surface area is 155 Å². The Kier molecular flexibility index (Phi) is 4.42. The van der Waals surface area contributed by atoms with Crippen LogP contribution < -0.4 is 5.63 Å². The van der Waals surface area contributed by atoms with Gasteiger partial charge in [0.05, 0.1) is 6.42 Å². The predicted molar refractivity (Wildman–Crippen MR) is 102 cm³/mol. The number of aromatic nitrogens is 1. The molecule has 0 amide bonds. The molecule has 0 unspecified atom stereocenters. The molecule has 0 spiro atoms. The van der Waals surface area contributed by atoms with Gasteiger partial charge < -0.3 is 9.15 Å². The molecule has 0 atom stereocenters. The van der Waals surface area contributed by atoms with Crippen LogP contribution in [0.25, 0.3) is 21.7 Å². The van der Waals surface area contributed by atoms with E-state index in [4.69, 9.17) is 9.15 Å². The first-order chi connectivity index (χ1) is 13.1. The van der Waals surface area contributed by atoms with Crippen LogP contribution in [-0.4, -0.2) is 11.0 Å². The highest BCUT2D eigenvalue weighted by atomic mass is 16.5. The van der Waals surface area contributed by atoms with Crippen molar-refractivity contribution in [1.82, 2.24) is 4.98 Å². The lowest BCUT2D eigenvalue weighted by Crippen LogP contribution is -2.10. The number of aryl methyl sites for hydroxylation is 1. The van der Waals surface area contributed by atoms with E-state index in [0.717, 1.165) is 27.4 Å². The minimum atomic E-state index is -0.466. The molecule has 0 bridgehead atoms. The van der Waals surface area contributed by atoms with Crippen LogP contribution in [0.1, 0.15) is 16.8 Å². The standard InChI is InChI=1S/C22H17NO4/c1-14-6-7-15(12-23-14)10-20(24)26-13-17-11-21(25)27-19-9-8-16-4-2-3-5-18(16)22(17)19/h2-9,11-12H,10,13H2,1H3. The van der Waals surface area contributed by atoms with Crippen molar-refractivity contribution < 1.29 is 13.9 Å². The summed E-state index contributed by atoms with van der Waals surface area (Å²) >= 11 is 0. The number of ether oxygens (including phenoxy) is 1. The molecule has 0 aliphatic carbocycles. The average Bonchev–Trinajstić information content (AvgIpc) is 2.67. The molecule has 5 nitrogen and oxygen atoms in total. The van der Waals surface area contributed by atoms with E-state index in [1.165, 1.54) is 6.07 Å². The first-order valence-corrected chi connectivity index (χ1v) is 8.62. The van der Waals surface area contributed by atoms with Crippen LogP contribution in [0, 0.1) is 6.92 Å². The monoisotopic (exact) mass is 359 g/mol. The lowest BCUT2D eigenvalue weighted by molar-refractivity contribution is -0.144. The summed E-state index contributed by atoms with van der Waals surface area (Å²) in [4.78, 5) is 28.3. The van der Waals surface area contributed by atoms with Crippen molar-refractivity contribution in [2.45, 2.75) is 20.0 Å². The van der Waals surface area contributed by atoms with Gasteiger partial charge in [-0.05, 0) is 35.4 Å². The molecule has 0 fully saturated rings. The fourth-order valence-electron chi connectivity index (χ4n) is 3.11. The number of hydrogen-bond acceptors (Lipinski definition) is 5. The lowest BCUT2D eigenvalue weighted by atomic mass is 10.0. The maximum atomic E-state index is 12.2. The zero-order valence-electron chi connectivity index (χ0n) is 14.8. The van der Waals surface area contributed by atoms with E-state index < -0.39 is 5.63 Å². The third-order valence-electron chi connectivity index (χ3n) is 4.42. The Morgan fingerprint density at radius 1 is 1.11 bits per heavy atom. The Bertz CT molecular complexity index is 1190. The molecule has 134 valence electrons. The zero-order chi connectivity index (χ0) is 18.8. The summed E-state index contributed by atoms with van der Waals surface area (Å²) in [5, 5.41) is 2.77. The molecular weight excluding hydrogens is 342 g/mol. The summed E-state index contributed by atoms with van der Waals surface area (Å²) in [7, 11) is 0. The van der Waals surface area contributed by atoms with Crippen molar-refractivity contribution in [1.29, 1.82) is 0 Å². The van der Waals surface area contributed by atoms with E-state index in [-0.39, 0.29) is 19.0 Å². The van der Waals surface area contributed by atoms with E-state index in [2.05, 4.69) is 4.98 Å². The number of nitrogens with zero attached hydrogens (tertiary/aromatic N) is 1. The van der Waals surface area contributed by atoms with Gasteiger partial charge in [-0.25, -0.2) is 4.79 Å². The molecule has 2 heterocycles. The Hall–Kier alpha value is -3.47. The number of hydrogen-bond donors (Lipinski definition) is 0. The fourth-order valence-corrected chi connectivity index (χ4v) is 3.11. The zero-order valence-corrected chi connectivity index (χ0v) is 14.8. The topological polar surface area (TPSA) is 69.4 Å². The second-order valence-corrected chi connectivity index (χ2v) is 6.40. The van der Waals surface area contributed by atoms with Crippen LogP contribution in [0.4, 0.5) is 0 Å². The molecule has 2 aromatic carbocycles. The van der Waals surface area contributed by atoms with E-state index in [9.17, 15) is 9.59 Å². The molecule has 0 saturated carbocycles. The summed E-state index contributed by atoms with van der Waals surface area (Å²) in [6.07, 6.45) is 1.80. The maximum Gasteiger partial charge on any atom is 0.336 e. The van der Waals surface area contributed by atoms with Crippen LogP contribution in [0.2, 0.25) is 0 Å². The predicted octanol–water partition coefficient (Wildman–Crippen LogP) is 3.94. The lowest BCUT2D eigenvalue weighted by Gasteiger charge is -2.10. The normalized spacial score (nSPS) is 11.0. The number of esters is 1. The minimum absolute atomic E-state index is 0.00817. The van der Waals surface area contributed by atoms with Gasteiger partial charge in [0.1, 0.15) is 12.2 Å². The first-order valence-electron chi connectivity index (χ1n) is 8.62. The summed E-state index contributed by atoms with van der Waals surface area (Å²) in [5.41, 5.74) is 2.32. The smallest absolute Gasteiger partial charge is 0.336 e. The van der Waals surface area contributed by atoms with Gasteiger partial charge in [-0.1, -0.05) is 36.4 Å². The molecule has 0 saturated heterocycles. The van der Waals surface area contributed by atoms with Gasteiger partial charge in [0, 0.05) is 28.9 Å². The summed E-state index contributed by atoms with van der Waals surface area (Å²) < 4.78 is 10.7. The van der Waals surface area contributed by atoms with Crippen LogP contribution in [0.3, 0.4) is 0 Å². The van der Waals surface area contributed by atoms with Crippen LogP contribution in [0.15, 0.2) is 70.0 Å². The summed E-state index contributed by atoms with van der Waals surface area (Å²) in [5.74, 6) is -0.373. The number of benzene rings is 2. The molecule has 4 rings (SSSR count). The van der Waals surface area contributed by atoms with E-state index in [1.807, 2.05) is 49.4 Å². The molecule has 4 aromatic rings. The summed E-state index contributed by atoms with van der Waals surface area (Å²) in [6.45, 7) is 1.90. The van der Waals surface area contributed by atoms with Gasteiger partial charge in [-0.15, -0.1) is 0 Å².